The number of carboxylic acid groups (broad SMARTS) is 2. The Balaban J connectivity index is 3.13. The summed E-state index contributed by atoms with van der Waals surface area (Å²) in [6.45, 7) is 0. The molecule has 0 aromatic carbocycles. The van der Waals surface area contributed by atoms with Crippen LogP contribution in [0.3, 0.4) is 0 Å². The number of amides is 2. The van der Waals surface area contributed by atoms with Crippen molar-refractivity contribution < 1.29 is 50.4 Å². The molecule has 0 fully saturated rings. The van der Waals surface area contributed by atoms with Crippen LogP contribution in [0.5, 0.6) is 0 Å². The van der Waals surface area contributed by atoms with Crippen molar-refractivity contribution in [1.29, 1.82) is 0 Å². The Labute approximate surface area is 114 Å². The number of aliphatic carboxylic acids is 1. The third kappa shape index (κ3) is 3.42. The summed E-state index contributed by atoms with van der Waals surface area (Å²) in [4.78, 5) is 32.7. The number of halogens is 3. The maximum atomic E-state index is 12.1. The van der Waals surface area contributed by atoms with Gasteiger partial charge in [-0.25, -0.2) is 14.5 Å². The Hall–Kier alpha value is -2.31. The van der Waals surface area contributed by atoms with Crippen LogP contribution in [0, 0.1) is 0 Å². The van der Waals surface area contributed by atoms with Gasteiger partial charge in [-0.2, -0.15) is 21.6 Å². The molecule has 0 spiro atoms. The number of carbonyl (C=O) groups is 3. The first-order valence-electron chi connectivity index (χ1n) is 4.87. The van der Waals surface area contributed by atoms with Crippen LogP contribution in [0.25, 0.3) is 0 Å². The van der Waals surface area contributed by atoms with E-state index in [4.69, 9.17) is 10.2 Å². The van der Waals surface area contributed by atoms with Gasteiger partial charge in [-0.1, -0.05) is 0 Å². The third-order valence-electron chi connectivity index (χ3n) is 2.22. The molecule has 0 aromatic heterocycles. The van der Waals surface area contributed by atoms with Crippen molar-refractivity contribution in [2.75, 3.05) is 0 Å². The molecule has 0 unspecified atom stereocenters. The van der Waals surface area contributed by atoms with Gasteiger partial charge >= 0.3 is 27.7 Å². The monoisotopic (exact) mass is 333 g/mol. The molecule has 0 radical (unpaired) electrons. The second kappa shape index (κ2) is 5.23. The lowest BCUT2D eigenvalue weighted by atomic mass is 10.1. The second-order valence-electron chi connectivity index (χ2n) is 3.64. The van der Waals surface area contributed by atoms with Crippen molar-refractivity contribution in [3.63, 3.8) is 0 Å². The highest BCUT2D eigenvalue weighted by molar-refractivity contribution is 7.87. The van der Waals surface area contributed by atoms with E-state index in [1.807, 2.05) is 0 Å². The molecule has 9 nitrogen and oxygen atoms in total. The van der Waals surface area contributed by atoms with Crippen LogP contribution in [-0.2, 0) is 23.9 Å². The molecule has 2 N–H and O–H groups in total. The lowest BCUT2D eigenvalue weighted by Crippen LogP contribution is -2.50. The van der Waals surface area contributed by atoms with Gasteiger partial charge in [-0.05, 0) is 0 Å². The molecule has 0 saturated carbocycles. The van der Waals surface area contributed by atoms with E-state index >= 15 is 0 Å². The number of hydrogen-bond acceptors (Lipinski definition) is 6. The van der Waals surface area contributed by atoms with Gasteiger partial charge in [0.05, 0.1) is 0 Å². The second-order valence-corrected chi connectivity index (χ2v) is 5.18. The normalized spacial score (nSPS) is 20.0. The zero-order valence-electron chi connectivity index (χ0n) is 9.70. The average molecular weight is 333 g/mol. The molecule has 1 aliphatic heterocycles. The van der Waals surface area contributed by atoms with E-state index in [0.29, 0.717) is 0 Å². The van der Waals surface area contributed by atoms with Crippen molar-refractivity contribution in [3.05, 3.63) is 11.8 Å². The molecule has 0 aliphatic carbocycles. The minimum absolute atomic E-state index is 0.164. The molecule has 0 saturated heterocycles. The topological polar surface area (TPSA) is 138 Å². The van der Waals surface area contributed by atoms with Crippen molar-refractivity contribution in [1.82, 2.24) is 4.90 Å². The first-order chi connectivity index (χ1) is 9.36. The van der Waals surface area contributed by atoms with Crippen LogP contribution < -0.4 is 0 Å². The van der Waals surface area contributed by atoms with E-state index in [1.165, 1.54) is 0 Å². The highest BCUT2D eigenvalue weighted by Gasteiger charge is 2.50. The summed E-state index contributed by atoms with van der Waals surface area (Å²) >= 11 is 0. The van der Waals surface area contributed by atoms with Crippen molar-refractivity contribution >= 4 is 28.1 Å². The zero-order valence-corrected chi connectivity index (χ0v) is 10.5. The van der Waals surface area contributed by atoms with Crippen LogP contribution >= 0.6 is 0 Å². The number of carboxylic acids is 1. The first-order valence-corrected chi connectivity index (χ1v) is 6.28. The van der Waals surface area contributed by atoms with Gasteiger partial charge in [0.15, 0.2) is 0 Å². The van der Waals surface area contributed by atoms with Gasteiger partial charge in [-0.15, -0.1) is 0 Å². The predicted octanol–water partition coefficient (Wildman–Crippen LogP) is 0.100. The summed E-state index contributed by atoms with van der Waals surface area (Å²) in [5, 5.41) is 17.4. The van der Waals surface area contributed by atoms with Crippen molar-refractivity contribution in [3.8, 4) is 0 Å². The van der Waals surface area contributed by atoms with Gasteiger partial charge in [0.1, 0.15) is 11.8 Å². The van der Waals surface area contributed by atoms with Gasteiger partial charge < -0.3 is 14.4 Å². The molecule has 1 aliphatic rings. The summed E-state index contributed by atoms with van der Waals surface area (Å²) in [6, 6.07) is -2.10. The smallest absolute Gasteiger partial charge is 0.480 e. The lowest BCUT2D eigenvalue weighted by molar-refractivity contribution is -0.147. The molecule has 1 rings (SSSR count). The molecule has 21 heavy (non-hydrogen) atoms. The van der Waals surface area contributed by atoms with Crippen LogP contribution in [0.2, 0.25) is 0 Å². The number of nitrogens with zero attached hydrogens (tertiary/aromatic N) is 1. The Morgan fingerprint density at radius 1 is 1.33 bits per heavy atom. The summed E-state index contributed by atoms with van der Waals surface area (Å²) in [7, 11) is -6.09. The molecule has 1 heterocycles. The molecule has 0 bridgehead atoms. The van der Waals surface area contributed by atoms with E-state index < -0.39 is 51.8 Å². The van der Waals surface area contributed by atoms with Crippen LogP contribution in [0.15, 0.2) is 11.8 Å². The zero-order chi connectivity index (χ0) is 16.6. The maximum Gasteiger partial charge on any atom is 0.534 e. The average Bonchev–Trinajstić information content (AvgIpc) is 2.24. The fourth-order valence-electron chi connectivity index (χ4n) is 1.37. The number of rotatable bonds is 3. The number of alkyl halides is 3. The molecule has 13 heteroatoms. The quantitative estimate of drug-likeness (QED) is 0.548. The Morgan fingerprint density at radius 3 is 2.24 bits per heavy atom. The van der Waals surface area contributed by atoms with Gasteiger partial charge in [0.2, 0.25) is 0 Å². The number of imide groups is 1. The summed E-state index contributed by atoms with van der Waals surface area (Å²) in [6.07, 6.45) is -2.85. The number of carbonyl (C=O) groups excluding carboxylic acids is 1. The van der Waals surface area contributed by atoms with Crippen molar-refractivity contribution in [2.45, 2.75) is 18.0 Å². The largest absolute Gasteiger partial charge is 0.534 e. The van der Waals surface area contributed by atoms with Crippen molar-refractivity contribution in [2.24, 2.45) is 0 Å². The minimum Gasteiger partial charge on any atom is -0.480 e. The van der Waals surface area contributed by atoms with Gasteiger partial charge in [-0.3, -0.25) is 4.79 Å². The summed E-state index contributed by atoms with van der Waals surface area (Å²) < 4.78 is 61.4. The standard InChI is InChI=1S/C8H6F3NO8S/c9-8(10,11)21(18,19)20-3-1-4(6(14)15)12(7(16)17)5(13)2-3/h2,4H,1H2,(H,14,15)(H,16,17)/t4-/m1/s1. The summed E-state index contributed by atoms with van der Waals surface area (Å²) in [5.41, 5.74) is -5.78. The van der Waals surface area contributed by atoms with Crippen LogP contribution in [-0.4, -0.2) is 53.1 Å². The Bertz CT molecular complexity index is 622. The Morgan fingerprint density at radius 2 is 1.86 bits per heavy atom. The van der Waals surface area contributed by atoms with Gasteiger partial charge in [0, 0.05) is 12.5 Å². The molecule has 118 valence electrons. The fourth-order valence-corrected chi connectivity index (χ4v) is 1.87. The van der Waals surface area contributed by atoms with E-state index in [2.05, 4.69) is 4.18 Å². The molecule has 0 aromatic rings. The molecule has 2 amide bonds. The minimum atomic E-state index is -6.09. The van der Waals surface area contributed by atoms with E-state index in [0.717, 1.165) is 0 Å². The fraction of sp³-hybridized carbons (Fsp3) is 0.375. The third-order valence-corrected chi connectivity index (χ3v) is 3.22. The first kappa shape index (κ1) is 16.7. The van der Waals surface area contributed by atoms with E-state index in [9.17, 15) is 36.0 Å². The van der Waals surface area contributed by atoms with Gasteiger partial charge in [0.25, 0.3) is 5.91 Å². The SMILES string of the molecule is O=C(O)[C@H]1CC(OS(=O)(=O)C(F)(F)F)=CC(=O)N1C(=O)O. The summed E-state index contributed by atoms with van der Waals surface area (Å²) in [5.74, 6) is -4.51. The highest BCUT2D eigenvalue weighted by Crippen LogP contribution is 2.29. The van der Waals surface area contributed by atoms with E-state index in [-0.39, 0.29) is 11.0 Å². The molecule has 1 atom stereocenters. The highest BCUT2D eigenvalue weighted by atomic mass is 32.2. The lowest BCUT2D eigenvalue weighted by Gasteiger charge is -2.27. The maximum absolute atomic E-state index is 12.1. The Kier molecular flexibility index (Phi) is 4.17. The van der Waals surface area contributed by atoms with Crippen LogP contribution in [0.4, 0.5) is 18.0 Å². The predicted molar refractivity (Wildman–Crippen MR) is 55.1 cm³/mol. The number of hydrogen-bond donors (Lipinski definition) is 2. The van der Waals surface area contributed by atoms with Crippen LogP contribution in [0.1, 0.15) is 6.42 Å². The molecular weight excluding hydrogens is 327 g/mol. The van der Waals surface area contributed by atoms with E-state index in [1.54, 1.807) is 0 Å². The molecular formula is C8H6F3NO8S.